The molecule has 0 radical (unpaired) electrons. The summed E-state index contributed by atoms with van der Waals surface area (Å²) < 4.78 is 5.07. The van der Waals surface area contributed by atoms with Crippen molar-refractivity contribution in [1.29, 1.82) is 0 Å². The monoisotopic (exact) mass is 365 g/mol. The van der Waals surface area contributed by atoms with Gasteiger partial charge in [-0.2, -0.15) is 0 Å². The van der Waals surface area contributed by atoms with Gasteiger partial charge in [-0.15, -0.1) is 0 Å². The molecule has 1 heterocycles. The third kappa shape index (κ3) is 2.35. The fourth-order valence-corrected chi connectivity index (χ4v) is 3.39. The van der Waals surface area contributed by atoms with Crippen LogP contribution in [0.1, 0.15) is 27.7 Å². The van der Waals surface area contributed by atoms with Crippen LogP contribution in [0.25, 0.3) is 0 Å². The van der Waals surface area contributed by atoms with Gasteiger partial charge in [-0.05, 0) is 27.7 Å². The Morgan fingerprint density at radius 1 is 1.04 bits per heavy atom. The van der Waals surface area contributed by atoms with E-state index in [-0.39, 0.29) is 0 Å². The van der Waals surface area contributed by atoms with Gasteiger partial charge in [-0.1, -0.05) is 11.6 Å². The third-order valence-corrected chi connectivity index (χ3v) is 4.97. The molecule has 10 heteroatoms. The van der Waals surface area contributed by atoms with Crippen LogP contribution in [0.2, 0.25) is 0 Å². The molecule has 0 aromatic heterocycles. The molecule has 0 spiro atoms. The fraction of sp³-hybridized carbons (Fsp3) is 0.714. The molecule has 136 valence electrons. The highest BCUT2D eigenvalue weighted by atomic mass is 35.5. The molecule has 0 bridgehead atoms. The number of carbonyl (C=O) groups excluding carboxylic acids is 4. The minimum absolute atomic E-state index is 0.782. The van der Waals surface area contributed by atoms with E-state index in [1.54, 1.807) is 0 Å². The van der Waals surface area contributed by atoms with Crippen molar-refractivity contribution in [3.8, 4) is 0 Å². The number of alkyl halides is 1. The fourth-order valence-electron chi connectivity index (χ4n) is 2.97. The van der Waals surface area contributed by atoms with Crippen LogP contribution in [-0.2, 0) is 23.9 Å². The van der Waals surface area contributed by atoms with Gasteiger partial charge in [0.15, 0.2) is 45.4 Å². The maximum Gasteiger partial charge on any atom is 0.190 e. The van der Waals surface area contributed by atoms with Crippen molar-refractivity contribution in [2.75, 3.05) is 0 Å². The van der Waals surface area contributed by atoms with Crippen molar-refractivity contribution >= 4 is 34.7 Å². The Labute approximate surface area is 142 Å². The molecular formula is C14H20ClNO8. The zero-order valence-corrected chi connectivity index (χ0v) is 14.3. The minimum Gasteiger partial charge on any atom is -0.382 e. The van der Waals surface area contributed by atoms with Crippen LogP contribution in [0.5, 0.6) is 0 Å². The predicted octanol–water partition coefficient (Wildman–Crippen LogP) is -2.17. The lowest BCUT2D eigenvalue weighted by molar-refractivity contribution is -0.278. The number of hydrogen-bond acceptors (Lipinski definition) is 9. The number of rotatable bonds is 5. The van der Waals surface area contributed by atoms with Crippen molar-refractivity contribution in [3.05, 3.63) is 0 Å². The smallest absolute Gasteiger partial charge is 0.190 e. The highest BCUT2D eigenvalue weighted by Gasteiger charge is 2.77. The van der Waals surface area contributed by atoms with E-state index in [2.05, 4.69) is 0 Å². The van der Waals surface area contributed by atoms with Crippen LogP contribution < -0.4 is 5.73 Å². The second-order valence-corrected chi connectivity index (χ2v) is 6.34. The summed E-state index contributed by atoms with van der Waals surface area (Å²) in [4.78, 5) is 47.8. The van der Waals surface area contributed by atoms with Crippen LogP contribution in [0.3, 0.4) is 0 Å². The number of aliphatic hydroxyl groups is 3. The van der Waals surface area contributed by atoms with Gasteiger partial charge in [-0.3, -0.25) is 19.2 Å². The van der Waals surface area contributed by atoms with Crippen molar-refractivity contribution in [1.82, 2.24) is 0 Å². The number of ketones is 4. The number of ether oxygens (including phenoxy) is 1. The first-order valence-corrected chi connectivity index (χ1v) is 7.39. The molecule has 0 amide bonds. The number of nitrogens with two attached hydrogens (primary N) is 1. The van der Waals surface area contributed by atoms with E-state index in [0.717, 1.165) is 27.7 Å². The molecule has 1 rings (SSSR count). The summed E-state index contributed by atoms with van der Waals surface area (Å²) in [6, 6.07) is 0. The summed E-state index contributed by atoms with van der Waals surface area (Å²) in [5.41, 5.74) is -5.21. The van der Waals surface area contributed by atoms with Crippen molar-refractivity contribution < 1.29 is 39.2 Å². The van der Waals surface area contributed by atoms with Gasteiger partial charge < -0.3 is 25.8 Å². The molecule has 0 aromatic rings. The second-order valence-electron chi connectivity index (χ2n) is 5.94. The van der Waals surface area contributed by atoms with Crippen LogP contribution in [-0.4, -0.2) is 73.0 Å². The first kappa shape index (κ1) is 20.8. The highest BCUT2D eigenvalue weighted by molar-refractivity contribution is 6.24. The van der Waals surface area contributed by atoms with Gasteiger partial charge in [0.1, 0.15) is 12.2 Å². The Balaban J connectivity index is 3.86. The Hall–Kier alpha value is -1.23. The molecule has 1 unspecified atom stereocenters. The van der Waals surface area contributed by atoms with Crippen molar-refractivity contribution in [3.63, 3.8) is 0 Å². The van der Waals surface area contributed by atoms with E-state index in [9.17, 15) is 34.5 Å². The highest BCUT2D eigenvalue weighted by Crippen LogP contribution is 2.47. The van der Waals surface area contributed by atoms with Gasteiger partial charge in [-0.25, -0.2) is 0 Å². The molecule has 0 aliphatic carbocycles. The summed E-state index contributed by atoms with van der Waals surface area (Å²) >= 11 is 5.90. The van der Waals surface area contributed by atoms with Crippen LogP contribution >= 0.6 is 11.6 Å². The number of aliphatic hydroxyl groups excluding tert-OH is 1. The Morgan fingerprint density at radius 3 is 1.79 bits per heavy atom. The molecular weight excluding hydrogens is 346 g/mol. The lowest BCUT2D eigenvalue weighted by atomic mass is 9.59. The molecule has 1 fully saturated rings. The quantitative estimate of drug-likeness (QED) is 0.396. The number of hydrogen-bond donors (Lipinski definition) is 4. The molecule has 0 saturated carbocycles. The average Bonchev–Trinajstić information content (AvgIpc) is 2.46. The van der Waals surface area contributed by atoms with Crippen LogP contribution in [0, 0.1) is 0 Å². The van der Waals surface area contributed by atoms with E-state index in [1.807, 2.05) is 0 Å². The predicted molar refractivity (Wildman–Crippen MR) is 80.1 cm³/mol. The Bertz CT molecular complexity index is 610. The topological polar surface area (TPSA) is 164 Å². The maximum absolute atomic E-state index is 12.2. The van der Waals surface area contributed by atoms with Gasteiger partial charge in [0.25, 0.3) is 0 Å². The van der Waals surface area contributed by atoms with Crippen LogP contribution in [0.4, 0.5) is 0 Å². The number of carbonyl (C=O) groups is 4. The summed E-state index contributed by atoms with van der Waals surface area (Å²) in [5, 5.41) is 31.8. The SMILES string of the molecule is CC(=O)C(O)[C@H]1O[C@@H](Cl)[C@@](N)(C(C)=O)[C@](O)(C(C)=O)[C@@]1(O)C(C)=O. The van der Waals surface area contributed by atoms with Gasteiger partial charge in [0.05, 0.1) is 0 Å². The first-order chi connectivity index (χ1) is 10.7. The largest absolute Gasteiger partial charge is 0.382 e. The standard InChI is InChI=1S/C14H20ClNO8/c1-5(17)9(21)10-13(22,7(3)19)14(23,8(4)20)12(16,6(2)18)11(15)24-10/h9-11,21-23H,16H2,1-4H3/t9?,10-,11-,12+,13-,14-/m1/s1. The summed E-state index contributed by atoms with van der Waals surface area (Å²) in [7, 11) is 0. The second kappa shape index (κ2) is 6.25. The lowest BCUT2D eigenvalue weighted by Gasteiger charge is -2.57. The van der Waals surface area contributed by atoms with Crippen molar-refractivity contribution in [2.45, 2.75) is 62.2 Å². The third-order valence-electron chi connectivity index (χ3n) is 4.52. The molecule has 1 saturated heterocycles. The molecule has 6 atom stereocenters. The summed E-state index contributed by atoms with van der Waals surface area (Å²) in [6.45, 7) is 3.38. The van der Waals surface area contributed by atoms with E-state index in [0.29, 0.717) is 0 Å². The normalized spacial score (nSPS) is 40.7. The first-order valence-electron chi connectivity index (χ1n) is 6.95. The van der Waals surface area contributed by atoms with E-state index in [4.69, 9.17) is 22.1 Å². The average molecular weight is 366 g/mol. The molecule has 1 aliphatic heterocycles. The van der Waals surface area contributed by atoms with E-state index < -0.39 is 57.6 Å². The van der Waals surface area contributed by atoms with E-state index in [1.165, 1.54) is 0 Å². The Kier molecular flexibility index (Phi) is 5.42. The molecule has 0 aromatic carbocycles. The zero-order valence-electron chi connectivity index (χ0n) is 13.6. The summed E-state index contributed by atoms with van der Waals surface area (Å²) in [6.07, 6.45) is -4.22. The maximum atomic E-state index is 12.2. The summed E-state index contributed by atoms with van der Waals surface area (Å²) in [5.74, 6) is -4.48. The van der Waals surface area contributed by atoms with Crippen LogP contribution in [0.15, 0.2) is 0 Å². The van der Waals surface area contributed by atoms with E-state index >= 15 is 0 Å². The zero-order chi connectivity index (χ0) is 19.2. The molecule has 24 heavy (non-hydrogen) atoms. The Morgan fingerprint density at radius 2 is 1.50 bits per heavy atom. The lowest BCUT2D eigenvalue weighted by Crippen LogP contribution is -2.89. The molecule has 5 N–H and O–H groups in total. The van der Waals surface area contributed by atoms with Gasteiger partial charge >= 0.3 is 0 Å². The van der Waals surface area contributed by atoms with Gasteiger partial charge in [0, 0.05) is 0 Å². The minimum atomic E-state index is -3.23. The van der Waals surface area contributed by atoms with Gasteiger partial charge in [0.2, 0.25) is 0 Å². The molecule has 1 aliphatic rings. The molecule has 9 nitrogen and oxygen atoms in total. The van der Waals surface area contributed by atoms with Crippen molar-refractivity contribution in [2.24, 2.45) is 5.73 Å². The number of halogens is 1. The number of Topliss-reactive ketones (excluding diaryl/α,β-unsaturated/α-hetero) is 4.